The van der Waals surface area contributed by atoms with E-state index >= 15 is 0 Å². The molecule has 0 spiro atoms. The fourth-order valence-electron chi connectivity index (χ4n) is 6.05. The van der Waals surface area contributed by atoms with Gasteiger partial charge in [-0.05, 0) is 50.1 Å². The van der Waals surface area contributed by atoms with E-state index in [2.05, 4.69) is 6.07 Å². The molecule has 0 aliphatic carbocycles. The summed E-state index contributed by atoms with van der Waals surface area (Å²) >= 11 is 0. The number of aromatic nitrogens is 1. The normalized spacial score (nSPS) is 21.0. The third kappa shape index (κ3) is 3.16. The molecule has 2 N–H and O–H groups in total. The number of nitrogens with zero attached hydrogens (tertiary/aromatic N) is 4. The van der Waals surface area contributed by atoms with E-state index in [9.17, 15) is 20.7 Å². The first-order valence-electron chi connectivity index (χ1n) is 12.2. The van der Waals surface area contributed by atoms with Crippen LogP contribution in [0.15, 0.2) is 54.6 Å². The lowest BCUT2D eigenvalue weighted by atomic mass is 9.78. The highest BCUT2D eigenvalue weighted by atomic mass is 16.5. The van der Waals surface area contributed by atoms with Crippen LogP contribution < -0.4 is 4.74 Å². The lowest BCUT2D eigenvalue weighted by Crippen LogP contribution is -2.25. The maximum Gasteiger partial charge on any atom is 0.205 e. The van der Waals surface area contributed by atoms with Crippen molar-refractivity contribution in [2.24, 2.45) is 0 Å². The Morgan fingerprint density at radius 1 is 0.868 bits per heavy atom. The van der Waals surface area contributed by atoms with Gasteiger partial charge in [0.05, 0.1) is 51.8 Å². The minimum Gasteiger partial charge on any atom is -0.494 e. The van der Waals surface area contributed by atoms with Gasteiger partial charge in [-0.3, -0.25) is 4.57 Å². The second-order valence-corrected chi connectivity index (χ2v) is 9.88. The summed E-state index contributed by atoms with van der Waals surface area (Å²) in [7, 11) is 0. The molecule has 4 aromatic rings. The molecule has 2 aliphatic heterocycles. The highest BCUT2D eigenvalue weighted by Crippen LogP contribution is 2.65. The molecule has 8 heteroatoms. The fraction of sp³-hybridized carbons (Fsp3) is 0.233. The summed E-state index contributed by atoms with van der Waals surface area (Å²) in [5.41, 5.74) is 1.10. The third-order valence-electron chi connectivity index (χ3n) is 7.80. The van der Waals surface area contributed by atoms with Crippen LogP contribution in [-0.2, 0) is 15.9 Å². The predicted molar refractivity (Wildman–Crippen MR) is 137 cm³/mol. The zero-order chi connectivity index (χ0) is 26.7. The van der Waals surface area contributed by atoms with Crippen molar-refractivity contribution < 1.29 is 19.7 Å². The summed E-state index contributed by atoms with van der Waals surface area (Å²) in [5, 5.41) is 52.5. The Morgan fingerprint density at radius 2 is 1.55 bits per heavy atom. The van der Waals surface area contributed by atoms with Gasteiger partial charge in [0.2, 0.25) is 11.8 Å². The van der Waals surface area contributed by atoms with Gasteiger partial charge >= 0.3 is 0 Å². The lowest BCUT2D eigenvalue weighted by Gasteiger charge is -2.26. The Labute approximate surface area is 218 Å². The second kappa shape index (κ2) is 8.28. The minimum absolute atomic E-state index is 0.0805. The average molecular weight is 503 g/mol. The molecule has 3 heterocycles. The maximum absolute atomic E-state index is 11.6. The van der Waals surface area contributed by atoms with Crippen LogP contribution >= 0.6 is 0 Å². The molecule has 3 aromatic carbocycles. The highest BCUT2D eigenvalue weighted by molar-refractivity contribution is 5.95. The number of ether oxygens (including phenoxy) is 2. The SMILES string of the molecule is C[C@@]12CC[C@@](CCOc3ccc(C#N)c(C#N)c3)(O1)c1c2c(O)n(-c2ccc(C#N)c3ccccc23)c1O. The number of nitriles is 3. The van der Waals surface area contributed by atoms with Gasteiger partial charge in [-0.15, -0.1) is 0 Å². The summed E-state index contributed by atoms with van der Waals surface area (Å²) in [5.74, 6) is 0.286. The monoisotopic (exact) mass is 502 g/mol. The van der Waals surface area contributed by atoms with Gasteiger partial charge in [0.15, 0.2) is 0 Å². The van der Waals surface area contributed by atoms with Crippen molar-refractivity contribution in [2.45, 2.75) is 37.4 Å². The number of hydrogen-bond acceptors (Lipinski definition) is 7. The molecule has 0 saturated carbocycles. The van der Waals surface area contributed by atoms with Crippen molar-refractivity contribution >= 4 is 10.8 Å². The molecular formula is C30H22N4O4. The van der Waals surface area contributed by atoms with Gasteiger partial charge in [0.25, 0.3) is 0 Å². The van der Waals surface area contributed by atoms with Gasteiger partial charge in [-0.25, -0.2) is 0 Å². The Hall–Kier alpha value is -4.97. The first-order valence-corrected chi connectivity index (χ1v) is 12.2. The second-order valence-electron chi connectivity index (χ2n) is 9.88. The summed E-state index contributed by atoms with van der Waals surface area (Å²) in [4.78, 5) is 0. The Morgan fingerprint density at radius 3 is 2.29 bits per heavy atom. The van der Waals surface area contributed by atoms with Crippen LogP contribution in [0.4, 0.5) is 0 Å². The molecule has 0 radical (unpaired) electrons. The molecule has 1 fully saturated rings. The van der Waals surface area contributed by atoms with Crippen molar-refractivity contribution in [1.29, 1.82) is 15.8 Å². The van der Waals surface area contributed by atoms with Crippen LogP contribution in [-0.4, -0.2) is 21.4 Å². The standard InChI is InChI=1S/C30H22N4O4/c1-29-10-11-30(38-29,12-13-37-21-8-6-18(15-31)20(14-21)17-33)26-25(29)27(35)34(28(26)36)24-9-7-19(16-32)22-4-2-3-5-23(22)24/h2-9,14,35-36H,10-13H2,1H3/t29-,30-/m0/s1. The van der Waals surface area contributed by atoms with Crippen LogP contribution in [0, 0.1) is 34.0 Å². The van der Waals surface area contributed by atoms with Crippen LogP contribution in [0.3, 0.4) is 0 Å². The first kappa shape index (κ1) is 23.4. The van der Waals surface area contributed by atoms with E-state index in [0.717, 1.165) is 10.8 Å². The number of benzene rings is 3. The van der Waals surface area contributed by atoms with Gasteiger partial charge in [0, 0.05) is 17.2 Å². The van der Waals surface area contributed by atoms with E-state index < -0.39 is 11.2 Å². The molecule has 2 atom stereocenters. The molecule has 0 unspecified atom stereocenters. The molecule has 2 aliphatic rings. The zero-order valence-electron chi connectivity index (χ0n) is 20.5. The number of hydrogen-bond donors (Lipinski definition) is 2. The van der Waals surface area contributed by atoms with Crippen molar-refractivity contribution in [2.75, 3.05) is 6.61 Å². The summed E-state index contributed by atoms with van der Waals surface area (Å²) in [6.07, 6.45) is 1.71. The van der Waals surface area contributed by atoms with Crippen LogP contribution in [0.1, 0.15) is 54.0 Å². The molecule has 186 valence electrons. The van der Waals surface area contributed by atoms with Gasteiger partial charge in [-0.1, -0.05) is 24.3 Å². The van der Waals surface area contributed by atoms with Gasteiger partial charge < -0.3 is 19.7 Å². The largest absolute Gasteiger partial charge is 0.494 e. The van der Waals surface area contributed by atoms with Crippen LogP contribution in [0.25, 0.3) is 16.5 Å². The van der Waals surface area contributed by atoms with Crippen molar-refractivity contribution in [3.05, 3.63) is 82.4 Å². The lowest BCUT2D eigenvalue weighted by molar-refractivity contribution is -0.0876. The number of aromatic hydroxyl groups is 2. The van der Waals surface area contributed by atoms with Crippen molar-refractivity contribution in [3.63, 3.8) is 0 Å². The fourth-order valence-corrected chi connectivity index (χ4v) is 6.05. The Balaban J connectivity index is 1.39. The Kier molecular flexibility index (Phi) is 5.11. The molecule has 1 aromatic heterocycles. The van der Waals surface area contributed by atoms with E-state index in [1.165, 1.54) is 10.6 Å². The summed E-state index contributed by atoms with van der Waals surface area (Å²) < 4.78 is 13.9. The van der Waals surface area contributed by atoms with Crippen molar-refractivity contribution in [3.8, 4) is 41.4 Å². The quantitative estimate of drug-likeness (QED) is 0.375. The summed E-state index contributed by atoms with van der Waals surface area (Å²) in [6, 6.07) is 21.7. The predicted octanol–water partition coefficient (Wildman–Crippen LogP) is 5.36. The molecule has 2 bridgehead atoms. The topological polar surface area (TPSA) is 135 Å². The molecule has 6 rings (SSSR count). The molecule has 8 nitrogen and oxygen atoms in total. The maximum atomic E-state index is 11.6. The Bertz CT molecular complexity index is 1770. The first-order chi connectivity index (χ1) is 18.4. The zero-order valence-corrected chi connectivity index (χ0v) is 20.5. The van der Waals surface area contributed by atoms with Gasteiger partial charge in [0.1, 0.15) is 23.5 Å². The molecule has 38 heavy (non-hydrogen) atoms. The average Bonchev–Trinajstić information content (AvgIpc) is 3.52. The van der Waals surface area contributed by atoms with Crippen LogP contribution in [0.2, 0.25) is 0 Å². The third-order valence-corrected chi connectivity index (χ3v) is 7.80. The molecular weight excluding hydrogens is 480 g/mol. The van der Waals surface area contributed by atoms with Crippen LogP contribution in [0.5, 0.6) is 17.5 Å². The summed E-state index contributed by atoms with van der Waals surface area (Å²) in [6.45, 7) is 2.15. The van der Waals surface area contributed by atoms with E-state index in [1.54, 1.807) is 24.3 Å². The van der Waals surface area contributed by atoms with Gasteiger partial charge in [-0.2, -0.15) is 15.8 Å². The molecule has 1 saturated heterocycles. The van der Waals surface area contributed by atoms with E-state index in [0.29, 0.717) is 47.4 Å². The van der Waals surface area contributed by atoms with E-state index in [-0.39, 0.29) is 29.5 Å². The highest BCUT2D eigenvalue weighted by Gasteiger charge is 2.61. The van der Waals surface area contributed by atoms with E-state index in [1.807, 2.05) is 43.3 Å². The van der Waals surface area contributed by atoms with E-state index in [4.69, 9.17) is 14.7 Å². The number of rotatable bonds is 5. The number of fused-ring (bicyclic) bond motifs is 6. The smallest absolute Gasteiger partial charge is 0.205 e. The minimum atomic E-state index is -0.857. The van der Waals surface area contributed by atoms with Crippen molar-refractivity contribution in [1.82, 2.24) is 4.57 Å². The molecule has 0 amide bonds.